The Hall–Kier alpha value is 1.40. The Morgan fingerprint density at radius 1 is 1.25 bits per heavy atom. The van der Waals surface area contributed by atoms with Crippen molar-refractivity contribution in [2.75, 3.05) is 0 Å². The molecule has 0 amide bonds. The van der Waals surface area contributed by atoms with Gasteiger partial charge in [-0.15, -0.1) is 0 Å². The van der Waals surface area contributed by atoms with E-state index in [4.69, 9.17) is 8.40 Å². The molecule has 0 heterocycles. The quantitative estimate of drug-likeness (QED) is 0.311. The van der Waals surface area contributed by atoms with Gasteiger partial charge in [-0.1, -0.05) is 0 Å². The molecular formula is BrNaO2. The predicted molar refractivity (Wildman–Crippen MR) is 0 cm³/mol. The molecule has 4 heavy (non-hydrogen) atoms. The molecule has 0 bridgehead atoms. The van der Waals surface area contributed by atoms with E-state index in [-0.39, 0.29) is 29.6 Å². The Balaban J connectivity index is 0. The molecule has 0 unspecified atom stereocenters. The van der Waals surface area contributed by atoms with Crippen LogP contribution in [0.25, 0.3) is 0 Å². The van der Waals surface area contributed by atoms with Gasteiger partial charge in [0.2, 0.25) is 0 Å². The topological polar surface area (TPSA) is 46.1 Å². The van der Waals surface area contributed by atoms with Gasteiger partial charge in [0, 0.05) is 0 Å². The van der Waals surface area contributed by atoms with Crippen molar-refractivity contribution in [2.45, 2.75) is 0 Å². The second-order valence-electron chi connectivity index (χ2n) is 0.0630. The molecule has 0 aliphatic carbocycles. The van der Waals surface area contributed by atoms with Crippen molar-refractivity contribution < 1.29 is 53.5 Å². The van der Waals surface area contributed by atoms with Crippen molar-refractivity contribution in [2.24, 2.45) is 0 Å². The minimum Gasteiger partial charge on any atom is -0.585 e. The normalized spacial score (nSPS) is 4.50. The van der Waals surface area contributed by atoms with Gasteiger partial charge in [-0.3, -0.25) is 0 Å². The summed E-state index contributed by atoms with van der Waals surface area (Å²) in [6, 6.07) is 0. The van der Waals surface area contributed by atoms with Crippen LogP contribution in [0.5, 0.6) is 0 Å². The van der Waals surface area contributed by atoms with E-state index in [2.05, 4.69) is 0 Å². The fraction of sp³-hybridized carbons (Fsp3) is 0. The van der Waals surface area contributed by atoms with Crippen LogP contribution >= 0.6 is 0 Å². The molecule has 4 heteroatoms. The maximum Gasteiger partial charge on any atom is 1.00 e. The first-order chi connectivity index (χ1) is 1.41. The van der Waals surface area contributed by atoms with Gasteiger partial charge in [0.15, 0.2) is 15.5 Å². The molecule has 0 rings (SSSR count). The molecule has 0 aromatic carbocycles. The molecular weight excluding hydrogens is 135 g/mol. The van der Waals surface area contributed by atoms with Crippen LogP contribution in [0.2, 0.25) is 0 Å². The number of halogens is 1. The Morgan fingerprint density at radius 2 is 1.25 bits per heavy atom. The number of rotatable bonds is 0. The molecule has 0 spiro atoms. The van der Waals surface area contributed by atoms with Gasteiger partial charge in [0.1, 0.15) is 0 Å². The second kappa shape index (κ2) is 8.83. The molecule has 0 radical (unpaired) electrons. The summed E-state index contributed by atoms with van der Waals surface area (Å²) in [5.41, 5.74) is 0. The van der Waals surface area contributed by atoms with Crippen LogP contribution in [0.3, 0.4) is 0 Å². The summed E-state index contributed by atoms with van der Waals surface area (Å²) in [6.07, 6.45) is 0. The summed E-state index contributed by atoms with van der Waals surface area (Å²) in [7, 11) is 0. The van der Waals surface area contributed by atoms with E-state index in [9.17, 15) is 0 Å². The van der Waals surface area contributed by atoms with Gasteiger partial charge < -0.3 is 8.40 Å². The SMILES string of the molecule is [Na+].[O-][Br+][O-]. The first kappa shape index (κ1) is 9.04. The third-order valence-electron chi connectivity index (χ3n) is 0. The zero-order valence-electron chi connectivity index (χ0n) is 2.19. The molecule has 2 nitrogen and oxygen atoms in total. The van der Waals surface area contributed by atoms with Crippen LogP contribution in [0, 0.1) is 15.5 Å². The van der Waals surface area contributed by atoms with Gasteiger partial charge in [-0.05, 0) is 0 Å². The molecule has 0 aliphatic heterocycles. The third-order valence-corrected chi connectivity index (χ3v) is 0. The number of hydrogen-bond donors (Lipinski definition) is 0. The van der Waals surface area contributed by atoms with Crippen LogP contribution in [0.15, 0.2) is 0 Å². The molecule has 20 valence electrons. The largest absolute Gasteiger partial charge is 1.00 e. The summed E-state index contributed by atoms with van der Waals surface area (Å²) in [4.78, 5) is 0. The Labute approximate surface area is 53.3 Å². The van der Waals surface area contributed by atoms with Gasteiger partial charge in [0.25, 0.3) is 0 Å². The van der Waals surface area contributed by atoms with Gasteiger partial charge in [-0.2, -0.15) is 0 Å². The Morgan fingerprint density at radius 3 is 1.25 bits per heavy atom. The van der Waals surface area contributed by atoms with Crippen LogP contribution < -0.4 is 38.0 Å². The first-order valence-electron chi connectivity index (χ1n) is 0.309. The first-order valence-corrected chi connectivity index (χ1v) is 1.60. The van der Waals surface area contributed by atoms with Crippen molar-refractivity contribution in [1.29, 1.82) is 0 Å². The van der Waals surface area contributed by atoms with Crippen LogP contribution in [-0.4, -0.2) is 0 Å². The van der Waals surface area contributed by atoms with E-state index in [0.29, 0.717) is 0 Å². The van der Waals surface area contributed by atoms with E-state index in [0.717, 1.165) is 0 Å². The fourth-order valence-electron chi connectivity index (χ4n) is 0. The van der Waals surface area contributed by atoms with Gasteiger partial charge in [0.05, 0.1) is 0 Å². The molecule has 0 fully saturated rings. The monoisotopic (exact) mass is 134 g/mol. The van der Waals surface area contributed by atoms with E-state index < -0.39 is 15.5 Å². The molecule has 0 atom stereocenters. The van der Waals surface area contributed by atoms with Crippen molar-refractivity contribution in [3.8, 4) is 0 Å². The summed E-state index contributed by atoms with van der Waals surface area (Å²) in [5.74, 6) is 0. The van der Waals surface area contributed by atoms with E-state index in [1.165, 1.54) is 0 Å². The summed E-state index contributed by atoms with van der Waals surface area (Å²) >= 11 is -1.44. The molecule has 0 saturated heterocycles. The zero-order chi connectivity index (χ0) is 2.71. The molecule has 0 N–H and O–H groups in total. The molecule has 0 aromatic heterocycles. The van der Waals surface area contributed by atoms with Crippen LogP contribution in [0.1, 0.15) is 0 Å². The minimum atomic E-state index is -1.44. The molecule has 0 saturated carbocycles. The number of hydrogen-bond acceptors (Lipinski definition) is 2. The molecule has 0 aliphatic rings. The summed E-state index contributed by atoms with van der Waals surface area (Å²) < 4.78 is 16.8. The maximum absolute atomic E-state index is 8.41. The average molecular weight is 135 g/mol. The molecule has 0 aromatic rings. The third kappa shape index (κ3) is 9.99. The standard InChI is InChI=1S/BrO2.Na/c2-1-3;/q-1;+1. The summed E-state index contributed by atoms with van der Waals surface area (Å²) in [6.45, 7) is 0. The van der Waals surface area contributed by atoms with Crippen molar-refractivity contribution in [3.05, 3.63) is 0 Å². The van der Waals surface area contributed by atoms with Crippen LogP contribution in [-0.2, 0) is 0 Å². The van der Waals surface area contributed by atoms with Crippen molar-refractivity contribution in [1.82, 2.24) is 0 Å². The Bertz CT molecular complexity index is 6.00. The summed E-state index contributed by atoms with van der Waals surface area (Å²) in [5, 5.41) is 0. The van der Waals surface area contributed by atoms with E-state index >= 15 is 0 Å². The smallest absolute Gasteiger partial charge is 0.585 e. The van der Waals surface area contributed by atoms with Crippen LogP contribution in [0.4, 0.5) is 0 Å². The van der Waals surface area contributed by atoms with Gasteiger partial charge in [-0.25, -0.2) is 0 Å². The minimum absolute atomic E-state index is 0. The predicted octanol–water partition coefficient (Wildman–Crippen LogP) is -5.37. The average Bonchev–Trinajstić information content (AvgIpc) is 0.918. The maximum atomic E-state index is 8.41. The van der Waals surface area contributed by atoms with Gasteiger partial charge >= 0.3 is 29.6 Å². The second-order valence-corrected chi connectivity index (χ2v) is 0.327. The fourth-order valence-corrected chi connectivity index (χ4v) is 0. The van der Waals surface area contributed by atoms with Crippen molar-refractivity contribution >= 4 is 0 Å². The van der Waals surface area contributed by atoms with E-state index in [1.807, 2.05) is 0 Å². The zero-order valence-corrected chi connectivity index (χ0v) is 5.78. The van der Waals surface area contributed by atoms with E-state index in [1.54, 1.807) is 0 Å². The van der Waals surface area contributed by atoms with Crippen molar-refractivity contribution in [3.63, 3.8) is 0 Å². The Kier molecular flexibility index (Phi) is 20.0.